The SMILES string of the molecule is COc1nccc(C(C)(O)CCNC(C)C)c1F. The largest absolute Gasteiger partial charge is 0.479 e. The maximum Gasteiger partial charge on any atom is 0.250 e. The van der Waals surface area contributed by atoms with E-state index in [4.69, 9.17) is 4.74 Å². The summed E-state index contributed by atoms with van der Waals surface area (Å²) < 4.78 is 18.8. The van der Waals surface area contributed by atoms with Crippen LogP contribution in [0.3, 0.4) is 0 Å². The van der Waals surface area contributed by atoms with Gasteiger partial charge >= 0.3 is 0 Å². The number of halogens is 1. The molecule has 0 radical (unpaired) electrons. The molecule has 0 aliphatic rings. The molecular formula is C13H21FN2O2. The number of pyridine rings is 1. The molecule has 2 N–H and O–H groups in total. The van der Waals surface area contributed by atoms with Gasteiger partial charge in [0.1, 0.15) is 0 Å². The van der Waals surface area contributed by atoms with Gasteiger partial charge in [0.15, 0.2) is 5.82 Å². The molecule has 1 heterocycles. The lowest BCUT2D eigenvalue weighted by atomic mass is 9.92. The van der Waals surface area contributed by atoms with Gasteiger partial charge in [-0.2, -0.15) is 0 Å². The number of ether oxygens (including phenoxy) is 1. The third-order valence-electron chi connectivity index (χ3n) is 2.80. The summed E-state index contributed by atoms with van der Waals surface area (Å²) in [6.45, 7) is 6.23. The molecule has 1 rings (SSSR count). The van der Waals surface area contributed by atoms with E-state index < -0.39 is 11.4 Å². The lowest BCUT2D eigenvalue weighted by Crippen LogP contribution is -2.31. The minimum Gasteiger partial charge on any atom is -0.479 e. The van der Waals surface area contributed by atoms with Crippen molar-refractivity contribution in [1.82, 2.24) is 10.3 Å². The van der Waals surface area contributed by atoms with E-state index >= 15 is 0 Å². The molecular weight excluding hydrogens is 235 g/mol. The minimum absolute atomic E-state index is 0.0930. The van der Waals surface area contributed by atoms with Crippen LogP contribution in [0.2, 0.25) is 0 Å². The van der Waals surface area contributed by atoms with Crippen LogP contribution in [0, 0.1) is 5.82 Å². The van der Waals surface area contributed by atoms with Gasteiger partial charge in [-0.1, -0.05) is 13.8 Å². The Labute approximate surface area is 107 Å². The normalized spacial score (nSPS) is 14.6. The third-order valence-corrected chi connectivity index (χ3v) is 2.80. The molecule has 0 saturated carbocycles. The second-order valence-electron chi connectivity index (χ2n) is 4.81. The molecule has 0 bridgehead atoms. The Bertz CT molecular complexity index is 395. The molecule has 0 amide bonds. The van der Waals surface area contributed by atoms with Crippen molar-refractivity contribution in [3.63, 3.8) is 0 Å². The van der Waals surface area contributed by atoms with E-state index in [9.17, 15) is 9.50 Å². The predicted molar refractivity (Wildman–Crippen MR) is 68.1 cm³/mol. The molecule has 18 heavy (non-hydrogen) atoms. The first-order chi connectivity index (χ1) is 8.38. The summed E-state index contributed by atoms with van der Waals surface area (Å²) in [6.07, 6.45) is 1.84. The van der Waals surface area contributed by atoms with Crippen LogP contribution < -0.4 is 10.1 Å². The van der Waals surface area contributed by atoms with E-state index in [0.29, 0.717) is 19.0 Å². The molecule has 0 aliphatic carbocycles. The second kappa shape index (κ2) is 6.11. The first kappa shape index (κ1) is 14.9. The van der Waals surface area contributed by atoms with Crippen molar-refractivity contribution in [2.24, 2.45) is 0 Å². The summed E-state index contributed by atoms with van der Waals surface area (Å²) >= 11 is 0. The number of aliphatic hydroxyl groups is 1. The Morgan fingerprint density at radius 2 is 2.22 bits per heavy atom. The maximum atomic E-state index is 14.0. The zero-order valence-electron chi connectivity index (χ0n) is 11.3. The van der Waals surface area contributed by atoms with Crippen molar-refractivity contribution in [2.45, 2.75) is 38.8 Å². The van der Waals surface area contributed by atoms with Crippen molar-refractivity contribution in [1.29, 1.82) is 0 Å². The van der Waals surface area contributed by atoms with Crippen LogP contribution in [0.25, 0.3) is 0 Å². The van der Waals surface area contributed by atoms with Crippen LogP contribution in [0.5, 0.6) is 5.88 Å². The van der Waals surface area contributed by atoms with Crippen LogP contribution in [0.4, 0.5) is 4.39 Å². The molecule has 102 valence electrons. The fourth-order valence-corrected chi connectivity index (χ4v) is 1.72. The van der Waals surface area contributed by atoms with Crippen molar-refractivity contribution in [3.8, 4) is 5.88 Å². The van der Waals surface area contributed by atoms with Crippen LogP contribution in [-0.2, 0) is 5.60 Å². The predicted octanol–water partition coefficient (Wildman–Crippen LogP) is 1.82. The van der Waals surface area contributed by atoms with Gasteiger partial charge in [0.25, 0.3) is 0 Å². The number of rotatable bonds is 6. The smallest absolute Gasteiger partial charge is 0.250 e. The van der Waals surface area contributed by atoms with Gasteiger partial charge in [-0.15, -0.1) is 0 Å². The van der Waals surface area contributed by atoms with Gasteiger partial charge in [-0.3, -0.25) is 0 Å². The number of hydrogen-bond donors (Lipinski definition) is 2. The van der Waals surface area contributed by atoms with Crippen LogP contribution in [-0.4, -0.2) is 29.8 Å². The Morgan fingerprint density at radius 1 is 1.56 bits per heavy atom. The first-order valence-electron chi connectivity index (χ1n) is 6.03. The Kier molecular flexibility index (Phi) is 5.04. The maximum absolute atomic E-state index is 14.0. The molecule has 1 unspecified atom stereocenters. The Hall–Kier alpha value is -1.20. The summed E-state index contributed by atoms with van der Waals surface area (Å²) in [4.78, 5) is 3.76. The molecule has 1 aromatic rings. The van der Waals surface area contributed by atoms with Gasteiger partial charge in [0.05, 0.1) is 12.7 Å². The van der Waals surface area contributed by atoms with Gasteiger partial charge in [0, 0.05) is 17.8 Å². The molecule has 0 fully saturated rings. The minimum atomic E-state index is -1.25. The zero-order valence-corrected chi connectivity index (χ0v) is 11.3. The van der Waals surface area contributed by atoms with Gasteiger partial charge in [-0.05, 0) is 26.0 Å². The highest BCUT2D eigenvalue weighted by Crippen LogP contribution is 2.29. The van der Waals surface area contributed by atoms with E-state index in [2.05, 4.69) is 10.3 Å². The Balaban J connectivity index is 2.84. The highest BCUT2D eigenvalue weighted by molar-refractivity contribution is 5.28. The van der Waals surface area contributed by atoms with E-state index in [1.54, 1.807) is 6.92 Å². The molecule has 1 atom stereocenters. The average molecular weight is 256 g/mol. The monoisotopic (exact) mass is 256 g/mol. The molecule has 0 spiro atoms. The van der Waals surface area contributed by atoms with Crippen LogP contribution in [0.1, 0.15) is 32.8 Å². The van der Waals surface area contributed by atoms with Gasteiger partial charge in [0.2, 0.25) is 5.88 Å². The molecule has 0 aliphatic heterocycles. The summed E-state index contributed by atoms with van der Waals surface area (Å²) in [7, 11) is 1.35. The number of nitrogens with zero attached hydrogens (tertiary/aromatic N) is 1. The number of aromatic nitrogens is 1. The van der Waals surface area contributed by atoms with Gasteiger partial charge < -0.3 is 15.2 Å². The second-order valence-corrected chi connectivity index (χ2v) is 4.81. The lowest BCUT2D eigenvalue weighted by molar-refractivity contribution is 0.0431. The van der Waals surface area contributed by atoms with Gasteiger partial charge in [-0.25, -0.2) is 9.37 Å². The zero-order chi connectivity index (χ0) is 13.8. The molecule has 1 aromatic heterocycles. The topological polar surface area (TPSA) is 54.4 Å². The van der Waals surface area contributed by atoms with Crippen molar-refractivity contribution in [3.05, 3.63) is 23.6 Å². The van der Waals surface area contributed by atoms with Crippen molar-refractivity contribution in [2.75, 3.05) is 13.7 Å². The lowest BCUT2D eigenvalue weighted by Gasteiger charge is -2.25. The first-order valence-corrected chi connectivity index (χ1v) is 6.03. The average Bonchev–Trinajstić information content (AvgIpc) is 2.28. The number of hydrogen-bond acceptors (Lipinski definition) is 4. The fourth-order valence-electron chi connectivity index (χ4n) is 1.72. The molecule has 4 nitrogen and oxygen atoms in total. The van der Waals surface area contributed by atoms with Crippen LogP contribution in [0.15, 0.2) is 12.3 Å². The van der Waals surface area contributed by atoms with E-state index in [-0.39, 0.29) is 11.4 Å². The highest BCUT2D eigenvalue weighted by atomic mass is 19.1. The van der Waals surface area contributed by atoms with E-state index in [0.717, 1.165) is 0 Å². The summed E-state index contributed by atoms with van der Waals surface area (Å²) in [5, 5.41) is 13.5. The summed E-state index contributed by atoms with van der Waals surface area (Å²) in [6, 6.07) is 1.81. The molecule has 0 saturated heterocycles. The third kappa shape index (κ3) is 3.65. The van der Waals surface area contributed by atoms with Crippen molar-refractivity contribution < 1.29 is 14.2 Å². The number of nitrogens with one attached hydrogen (secondary N) is 1. The summed E-state index contributed by atoms with van der Waals surface area (Å²) in [5.74, 6) is -0.695. The highest BCUT2D eigenvalue weighted by Gasteiger charge is 2.28. The molecule has 0 aromatic carbocycles. The number of methoxy groups -OCH3 is 1. The standard InChI is InChI=1S/C13H21FN2O2/c1-9(2)15-8-6-13(3,17)10-5-7-16-12(18-4)11(10)14/h5,7,9,15,17H,6,8H2,1-4H3. The van der Waals surface area contributed by atoms with Crippen LogP contribution >= 0.6 is 0 Å². The molecule has 5 heteroatoms. The Morgan fingerprint density at radius 3 is 2.78 bits per heavy atom. The fraction of sp³-hybridized carbons (Fsp3) is 0.615. The summed E-state index contributed by atoms with van der Waals surface area (Å²) in [5.41, 5.74) is -1.04. The van der Waals surface area contributed by atoms with E-state index in [1.807, 2.05) is 13.8 Å². The van der Waals surface area contributed by atoms with E-state index in [1.165, 1.54) is 19.4 Å². The quantitative estimate of drug-likeness (QED) is 0.815. The van der Waals surface area contributed by atoms with Crippen molar-refractivity contribution >= 4 is 0 Å².